The van der Waals surface area contributed by atoms with E-state index < -0.39 is 0 Å². The Hall–Kier alpha value is -0.0500. The van der Waals surface area contributed by atoms with Gasteiger partial charge in [0, 0.05) is 15.8 Å². The highest BCUT2D eigenvalue weighted by molar-refractivity contribution is 7.10. The molecule has 0 spiro atoms. The molecule has 1 rings (SSSR count). The summed E-state index contributed by atoms with van der Waals surface area (Å²) in [5.74, 6) is 0. The van der Waals surface area contributed by atoms with E-state index in [1.54, 1.807) is 11.3 Å². The fourth-order valence-corrected chi connectivity index (χ4v) is 2.21. The molecule has 0 saturated heterocycles. The molecule has 0 amide bonds. The molecule has 1 nitrogen and oxygen atoms in total. The van der Waals surface area contributed by atoms with Crippen molar-refractivity contribution in [1.29, 1.82) is 0 Å². The Morgan fingerprint density at radius 2 is 2.27 bits per heavy atom. The van der Waals surface area contributed by atoms with E-state index in [2.05, 4.69) is 0 Å². The van der Waals surface area contributed by atoms with Crippen LogP contribution in [0.15, 0.2) is 11.4 Å². The molecule has 62 valence electrons. The van der Waals surface area contributed by atoms with E-state index in [0.717, 1.165) is 11.4 Å². The lowest BCUT2D eigenvalue weighted by Gasteiger charge is -2.16. The van der Waals surface area contributed by atoms with Gasteiger partial charge in [-0.05, 0) is 26.3 Å². The fourth-order valence-electron chi connectivity index (χ4n) is 0.896. The summed E-state index contributed by atoms with van der Waals surface area (Å²) in [7, 11) is 0. The Labute approximate surface area is 76.2 Å². The van der Waals surface area contributed by atoms with E-state index in [9.17, 15) is 0 Å². The van der Waals surface area contributed by atoms with Crippen LogP contribution in [0.25, 0.3) is 0 Å². The summed E-state index contributed by atoms with van der Waals surface area (Å²) in [5, 5.41) is 2.75. The quantitative estimate of drug-likeness (QED) is 0.761. The van der Waals surface area contributed by atoms with Crippen LogP contribution in [-0.2, 0) is 6.42 Å². The minimum absolute atomic E-state index is 0.131. The first-order valence-electron chi connectivity index (χ1n) is 3.49. The van der Waals surface area contributed by atoms with E-state index in [0.29, 0.717) is 0 Å². The maximum absolute atomic E-state index is 5.84. The van der Waals surface area contributed by atoms with Crippen molar-refractivity contribution >= 4 is 22.9 Å². The number of thiophene rings is 1. The Bertz CT molecular complexity index is 236. The second-order valence-corrected chi connectivity index (χ2v) is 4.83. The third-order valence-electron chi connectivity index (χ3n) is 1.25. The lowest BCUT2D eigenvalue weighted by Crippen LogP contribution is -2.33. The lowest BCUT2D eigenvalue weighted by molar-refractivity contribution is 0.521. The largest absolute Gasteiger partial charge is 0.325 e. The van der Waals surface area contributed by atoms with Crippen LogP contribution in [-0.4, -0.2) is 5.54 Å². The number of nitrogens with two attached hydrogens (primary N) is 1. The van der Waals surface area contributed by atoms with Gasteiger partial charge in [-0.15, -0.1) is 11.3 Å². The average molecular weight is 190 g/mol. The van der Waals surface area contributed by atoms with E-state index in [1.165, 1.54) is 4.88 Å². The molecular formula is C8H12ClNS. The lowest BCUT2D eigenvalue weighted by atomic mass is 10.0. The molecule has 11 heavy (non-hydrogen) atoms. The third-order valence-corrected chi connectivity index (χ3v) is 2.54. The monoisotopic (exact) mass is 189 g/mol. The summed E-state index contributed by atoms with van der Waals surface area (Å²) in [6.07, 6.45) is 0.893. The number of rotatable bonds is 2. The first kappa shape index (κ1) is 9.04. The van der Waals surface area contributed by atoms with Crippen molar-refractivity contribution in [1.82, 2.24) is 0 Å². The zero-order chi connectivity index (χ0) is 8.48. The minimum Gasteiger partial charge on any atom is -0.325 e. The normalized spacial score (nSPS) is 12.0. The van der Waals surface area contributed by atoms with Gasteiger partial charge in [0.1, 0.15) is 0 Å². The molecule has 0 atom stereocenters. The van der Waals surface area contributed by atoms with E-state index in [4.69, 9.17) is 17.3 Å². The topological polar surface area (TPSA) is 26.0 Å². The molecule has 0 saturated carbocycles. The predicted octanol–water partition coefficient (Wildman–Crippen LogP) is 2.68. The van der Waals surface area contributed by atoms with Gasteiger partial charge in [0.15, 0.2) is 0 Å². The Balaban J connectivity index is 2.65. The molecule has 0 radical (unpaired) electrons. The van der Waals surface area contributed by atoms with Crippen LogP contribution in [0, 0.1) is 0 Å². The fraction of sp³-hybridized carbons (Fsp3) is 0.500. The average Bonchev–Trinajstić information content (AvgIpc) is 2.10. The van der Waals surface area contributed by atoms with Crippen molar-refractivity contribution in [2.45, 2.75) is 25.8 Å². The van der Waals surface area contributed by atoms with Crippen LogP contribution in [0.2, 0.25) is 5.02 Å². The summed E-state index contributed by atoms with van der Waals surface area (Å²) in [5.41, 5.74) is 5.71. The second-order valence-electron chi connectivity index (χ2n) is 3.40. The molecule has 3 heteroatoms. The number of hydrogen-bond acceptors (Lipinski definition) is 2. The van der Waals surface area contributed by atoms with Crippen molar-refractivity contribution < 1.29 is 0 Å². The highest BCUT2D eigenvalue weighted by Gasteiger charge is 2.12. The summed E-state index contributed by atoms with van der Waals surface area (Å²) in [6, 6.07) is 1.97. The molecule has 1 heterocycles. The van der Waals surface area contributed by atoms with Gasteiger partial charge in [-0.2, -0.15) is 0 Å². The van der Waals surface area contributed by atoms with Crippen LogP contribution >= 0.6 is 22.9 Å². The molecule has 0 aliphatic carbocycles. The Morgan fingerprint density at radius 1 is 1.64 bits per heavy atom. The Morgan fingerprint density at radius 3 is 2.64 bits per heavy atom. The summed E-state index contributed by atoms with van der Waals surface area (Å²) >= 11 is 7.42. The molecule has 0 aliphatic rings. The van der Waals surface area contributed by atoms with E-state index in [1.807, 2.05) is 25.3 Å². The maximum Gasteiger partial charge on any atom is 0.0515 e. The van der Waals surface area contributed by atoms with Gasteiger partial charge in [-0.1, -0.05) is 11.6 Å². The standard InChI is InChI=1S/C8H12ClNS/c1-8(2,10)4-7-3-6(9)5-11-7/h3,5H,4,10H2,1-2H3. The van der Waals surface area contributed by atoms with Crippen LogP contribution in [0.5, 0.6) is 0 Å². The molecule has 0 aromatic carbocycles. The minimum atomic E-state index is -0.131. The van der Waals surface area contributed by atoms with E-state index in [-0.39, 0.29) is 5.54 Å². The van der Waals surface area contributed by atoms with Gasteiger partial charge >= 0.3 is 0 Å². The maximum atomic E-state index is 5.84. The van der Waals surface area contributed by atoms with Crippen LogP contribution in [0.4, 0.5) is 0 Å². The van der Waals surface area contributed by atoms with Crippen LogP contribution in [0.1, 0.15) is 18.7 Å². The molecule has 0 fully saturated rings. The molecule has 1 aromatic heterocycles. The van der Waals surface area contributed by atoms with Gasteiger partial charge in [0.2, 0.25) is 0 Å². The molecule has 0 aliphatic heterocycles. The summed E-state index contributed by atoms with van der Waals surface area (Å²) in [4.78, 5) is 1.25. The summed E-state index contributed by atoms with van der Waals surface area (Å²) in [6.45, 7) is 4.03. The molecular weight excluding hydrogens is 178 g/mol. The van der Waals surface area contributed by atoms with Crippen molar-refractivity contribution in [3.63, 3.8) is 0 Å². The second kappa shape index (κ2) is 3.13. The highest BCUT2D eigenvalue weighted by Crippen LogP contribution is 2.22. The van der Waals surface area contributed by atoms with Gasteiger partial charge < -0.3 is 5.73 Å². The molecule has 2 N–H and O–H groups in total. The van der Waals surface area contributed by atoms with Gasteiger partial charge in [-0.25, -0.2) is 0 Å². The number of hydrogen-bond donors (Lipinski definition) is 1. The van der Waals surface area contributed by atoms with Crippen LogP contribution < -0.4 is 5.73 Å². The number of halogens is 1. The molecule has 0 bridgehead atoms. The third kappa shape index (κ3) is 3.23. The summed E-state index contributed by atoms with van der Waals surface area (Å²) < 4.78 is 0. The first-order chi connectivity index (χ1) is 4.97. The van der Waals surface area contributed by atoms with E-state index >= 15 is 0 Å². The molecule has 0 unspecified atom stereocenters. The van der Waals surface area contributed by atoms with Gasteiger partial charge in [0.25, 0.3) is 0 Å². The zero-order valence-electron chi connectivity index (χ0n) is 6.73. The van der Waals surface area contributed by atoms with Crippen molar-refractivity contribution in [3.8, 4) is 0 Å². The zero-order valence-corrected chi connectivity index (χ0v) is 8.30. The van der Waals surface area contributed by atoms with Gasteiger partial charge in [-0.3, -0.25) is 0 Å². The first-order valence-corrected chi connectivity index (χ1v) is 4.75. The van der Waals surface area contributed by atoms with Crippen LogP contribution in [0.3, 0.4) is 0 Å². The predicted molar refractivity (Wildman–Crippen MR) is 51.3 cm³/mol. The van der Waals surface area contributed by atoms with Crippen molar-refractivity contribution in [2.75, 3.05) is 0 Å². The SMILES string of the molecule is CC(C)(N)Cc1cc(Cl)cs1. The van der Waals surface area contributed by atoms with Crippen molar-refractivity contribution in [2.24, 2.45) is 5.73 Å². The smallest absolute Gasteiger partial charge is 0.0515 e. The highest BCUT2D eigenvalue weighted by atomic mass is 35.5. The van der Waals surface area contributed by atoms with Gasteiger partial charge in [0.05, 0.1) is 5.02 Å². The van der Waals surface area contributed by atoms with Crippen molar-refractivity contribution in [3.05, 3.63) is 21.3 Å². The molecule has 1 aromatic rings. The Kier molecular flexibility index (Phi) is 2.58.